The Bertz CT molecular complexity index is 3650. The molecule has 0 N–H and O–H groups in total. The van der Waals surface area contributed by atoms with E-state index in [1.165, 1.54) is 9.40 Å². The summed E-state index contributed by atoms with van der Waals surface area (Å²) in [6, 6.07) is 72.7. The van der Waals surface area contributed by atoms with Crippen LogP contribution in [0.15, 0.2) is 206 Å². The van der Waals surface area contributed by atoms with E-state index >= 15 is 0 Å². The Morgan fingerprint density at radius 3 is 1.10 bits per heavy atom. The van der Waals surface area contributed by atoms with E-state index in [4.69, 9.17) is 19.9 Å². The number of thiophene rings is 2. The molecule has 0 unspecified atom stereocenters. The van der Waals surface area contributed by atoms with Crippen molar-refractivity contribution in [3.8, 4) is 78.7 Å². The van der Waals surface area contributed by atoms with Gasteiger partial charge < -0.3 is 0 Å². The Kier molecular flexibility index (Phi) is 8.84. The maximum atomic E-state index is 5.24. The van der Waals surface area contributed by atoms with Gasteiger partial charge in [-0.1, -0.05) is 170 Å². The van der Waals surface area contributed by atoms with Crippen LogP contribution in [0.2, 0.25) is 0 Å². The fourth-order valence-corrected chi connectivity index (χ4v) is 10.8. The van der Waals surface area contributed by atoms with Gasteiger partial charge in [0.2, 0.25) is 0 Å². The van der Waals surface area contributed by atoms with E-state index in [-0.39, 0.29) is 0 Å². The normalized spacial score (nSPS) is 11.5. The van der Waals surface area contributed by atoms with Gasteiger partial charge in [-0.2, -0.15) is 0 Å². The minimum atomic E-state index is 0.721. The Balaban J connectivity index is 0.904. The van der Waals surface area contributed by atoms with E-state index in [9.17, 15) is 0 Å². The summed E-state index contributed by atoms with van der Waals surface area (Å²) in [5.74, 6) is 1.45. The molecule has 0 bridgehead atoms. The molecule has 4 aromatic heterocycles. The number of rotatable bonds is 7. The van der Waals surface area contributed by atoms with Crippen LogP contribution in [-0.4, -0.2) is 19.9 Å². The molecule has 0 aliphatic rings. The zero-order chi connectivity index (χ0) is 41.0. The van der Waals surface area contributed by atoms with Gasteiger partial charge >= 0.3 is 0 Å². The molecular weight excluding hydrogens is 793 g/mol. The van der Waals surface area contributed by atoms with Crippen LogP contribution in [0.25, 0.3) is 119 Å². The minimum Gasteiger partial charge on any atom is -0.226 e. The Morgan fingerprint density at radius 1 is 0.258 bits per heavy atom. The molecular formula is C56H34N4S2. The maximum absolute atomic E-state index is 5.24. The molecule has 0 fully saturated rings. The molecule has 0 spiro atoms. The van der Waals surface area contributed by atoms with Gasteiger partial charge in [0.15, 0.2) is 11.6 Å². The third-order valence-corrected chi connectivity index (χ3v) is 13.8. The lowest BCUT2D eigenvalue weighted by molar-refractivity contribution is 1.24. The lowest BCUT2D eigenvalue weighted by Crippen LogP contribution is -1.94. The monoisotopic (exact) mass is 826 g/mol. The average Bonchev–Trinajstić information content (AvgIpc) is 3.93. The molecule has 12 rings (SSSR count). The van der Waals surface area contributed by atoms with E-state index in [1.54, 1.807) is 22.7 Å². The Labute approximate surface area is 366 Å². The summed E-state index contributed by atoms with van der Waals surface area (Å²) < 4.78 is 4.63. The molecule has 0 atom stereocenters. The maximum Gasteiger partial charge on any atom is 0.160 e. The topological polar surface area (TPSA) is 51.6 Å². The van der Waals surface area contributed by atoms with Crippen molar-refractivity contribution in [3.05, 3.63) is 206 Å². The van der Waals surface area contributed by atoms with E-state index in [1.807, 2.05) is 24.3 Å². The van der Waals surface area contributed by atoms with Crippen molar-refractivity contribution < 1.29 is 0 Å². The number of aromatic nitrogens is 4. The Hall–Kier alpha value is -7.64. The zero-order valence-electron chi connectivity index (χ0n) is 33.2. The van der Waals surface area contributed by atoms with Crippen molar-refractivity contribution in [2.24, 2.45) is 0 Å². The summed E-state index contributed by atoms with van der Waals surface area (Å²) in [5.41, 5.74) is 14.9. The molecule has 0 amide bonds. The number of fused-ring (bicyclic) bond motifs is 6. The first kappa shape index (κ1) is 36.2. The highest BCUT2D eigenvalue weighted by molar-refractivity contribution is 7.26. The second kappa shape index (κ2) is 15.1. The molecule has 4 heterocycles. The number of nitrogens with zero attached hydrogens (tertiary/aromatic N) is 4. The number of benzene rings is 8. The summed E-state index contributed by atoms with van der Waals surface area (Å²) in [4.78, 5) is 20.8. The molecule has 0 aliphatic carbocycles. The first-order valence-corrected chi connectivity index (χ1v) is 22.2. The van der Waals surface area contributed by atoms with Gasteiger partial charge in [-0.25, -0.2) is 19.9 Å². The molecule has 6 heteroatoms. The summed E-state index contributed by atoms with van der Waals surface area (Å²) in [6.07, 6.45) is 0. The van der Waals surface area contributed by atoms with Crippen molar-refractivity contribution in [1.29, 1.82) is 0 Å². The predicted octanol–water partition coefficient (Wildman–Crippen LogP) is 15.7. The van der Waals surface area contributed by atoms with Gasteiger partial charge in [0, 0.05) is 42.4 Å². The smallest absolute Gasteiger partial charge is 0.160 e. The minimum absolute atomic E-state index is 0.721. The highest BCUT2D eigenvalue weighted by atomic mass is 32.1. The fraction of sp³-hybridized carbons (Fsp3) is 0. The third kappa shape index (κ3) is 6.45. The highest BCUT2D eigenvalue weighted by Crippen LogP contribution is 2.42. The molecule has 0 radical (unpaired) electrons. The summed E-state index contributed by atoms with van der Waals surface area (Å²) in [5, 5.41) is 2.32. The van der Waals surface area contributed by atoms with Crippen LogP contribution in [0.5, 0.6) is 0 Å². The largest absolute Gasteiger partial charge is 0.226 e. The molecule has 0 saturated heterocycles. The first-order chi connectivity index (χ1) is 30.7. The summed E-state index contributed by atoms with van der Waals surface area (Å²) in [7, 11) is 0. The van der Waals surface area contributed by atoms with Crippen LogP contribution < -0.4 is 0 Å². The van der Waals surface area contributed by atoms with E-state index < -0.39 is 0 Å². The van der Waals surface area contributed by atoms with Gasteiger partial charge in [-0.3, -0.25) is 0 Å². The van der Waals surface area contributed by atoms with Gasteiger partial charge in [-0.05, 0) is 69.8 Å². The molecule has 4 nitrogen and oxygen atoms in total. The van der Waals surface area contributed by atoms with Gasteiger partial charge in [0.05, 0.1) is 31.8 Å². The first-order valence-electron chi connectivity index (χ1n) is 20.6. The van der Waals surface area contributed by atoms with E-state index in [2.05, 4.69) is 182 Å². The SMILES string of the molecule is c1ccc(-c2nc(-c3cccc(-c4cccc(-c5cccc(-c6cccc(-c7nc(-c8ccccc8)c8sc9ccccc9c8n7)c6)c5)c4)c3)c3sc4ccccc4c3n2)cc1. The van der Waals surface area contributed by atoms with E-state index in [0.717, 1.165) is 110 Å². The fourth-order valence-electron chi connectivity index (χ4n) is 8.46. The van der Waals surface area contributed by atoms with Crippen molar-refractivity contribution >= 4 is 63.3 Å². The van der Waals surface area contributed by atoms with Crippen LogP contribution >= 0.6 is 22.7 Å². The predicted molar refractivity (Wildman–Crippen MR) is 261 cm³/mol. The summed E-state index contributed by atoms with van der Waals surface area (Å²) >= 11 is 3.51. The van der Waals surface area contributed by atoms with Gasteiger partial charge in [-0.15, -0.1) is 22.7 Å². The summed E-state index contributed by atoms with van der Waals surface area (Å²) in [6.45, 7) is 0. The number of hydrogen-bond donors (Lipinski definition) is 0. The van der Waals surface area contributed by atoms with E-state index in [0.29, 0.717) is 0 Å². The van der Waals surface area contributed by atoms with Crippen molar-refractivity contribution in [1.82, 2.24) is 19.9 Å². The standard InChI is InChI=1S/C56H34N4S2/c1-3-15-35(16-4-1)49-53-51(45-27-7-9-29-47(45)61-53)60-56(57-49)44-26-14-24-42(34-44)40-22-12-20-38(32-40)37-19-11-21-39(31-37)41-23-13-25-43(33-41)50-54-52(46-28-8-10-30-48(46)62-54)59-55(58-50)36-17-5-2-6-18-36/h1-34H. The van der Waals surface area contributed by atoms with Gasteiger partial charge in [0.25, 0.3) is 0 Å². The number of hydrogen-bond acceptors (Lipinski definition) is 6. The molecule has 62 heavy (non-hydrogen) atoms. The molecule has 0 saturated carbocycles. The van der Waals surface area contributed by atoms with Gasteiger partial charge in [0.1, 0.15) is 0 Å². The van der Waals surface area contributed by atoms with Crippen LogP contribution in [0, 0.1) is 0 Å². The van der Waals surface area contributed by atoms with Crippen molar-refractivity contribution in [3.63, 3.8) is 0 Å². The lowest BCUT2D eigenvalue weighted by Gasteiger charge is -2.11. The molecule has 12 aromatic rings. The molecule has 0 aliphatic heterocycles. The molecule has 8 aromatic carbocycles. The quantitative estimate of drug-likeness (QED) is 0.161. The third-order valence-electron chi connectivity index (χ3n) is 11.5. The zero-order valence-corrected chi connectivity index (χ0v) is 34.9. The van der Waals surface area contributed by atoms with Crippen molar-refractivity contribution in [2.75, 3.05) is 0 Å². The van der Waals surface area contributed by atoms with Crippen molar-refractivity contribution in [2.45, 2.75) is 0 Å². The Morgan fingerprint density at radius 2 is 0.597 bits per heavy atom. The second-order valence-corrected chi connectivity index (χ2v) is 17.5. The van der Waals surface area contributed by atoms with Crippen LogP contribution in [0.1, 0.15) is 0 Å². The van der Waals surface area contributed by atoms with Crippen LogP contribution in [-0.2, 0) is 0 Å². The highest BCUT2D eigenvalue weighted by Gasteiger charge is 2.19. The van der Waals surface area contributed by atoms with Crippen LogP contribution in [0.3, 0.4) is 0 Å². The van der Waals surface area contributed by atoms with Crippen LogP contribution in [0.4, 0.5) is 0 Å². The average molecular weight is 827 g/mol. The lowest BCUT2D eigenvalue weighted by atomic mass is 9.95. The molecule has 290 valence electrons. The second-order valence-electron chi connectivity index (χ2n) is 15.4.